The summed E-state index contributed by atoms with van der Waals surface area (Å²) in [4.78, 5) is 14.2. The van der Waals surface area contributed by atoms with E-state index in [0.29, 0.717) is 0 Å². The summed E-state index contributed by atoms with van der Waals surface area (Å²) in [5.74, 6) is 0.895. The van der Waals surface area contributed by atoms with Crippen molar-refractivity contribution in [3.63, 3.8) is 0 Å². The first-order chi connectivity index (χ1) is 8.74. The van der Waals surface area contributed by atoms with Crippen molar-refractivity contribution in [2.75, 3.05) is 25.5 Å². The van der Waals surface area contributed by atoms with Crippen molar-refractivity contribution in [2.45, 2.75) is 25.7 Å². The van der Waals surface area contributed by atoms with Crippen LogP contribution in [0.4, 0.5) is 5.69 Å². The maximum absolute atomic E-state index is 12.3. The Morgan fingerprint density at radius 3 is 2.89 bits per heavy atom. The highest BCUT2D eigenvalue weighted by atomic mass is 35.5. The standard InChI is InChI=1S/C15H20N2O.ClH/c1-17(10-11-3-2-4-11)15(18)13-5-6-14-12(9-13)7-8-16-14;/h5-6,9,11,16H,2-4,7-8,10H2,1H3;1H. The van der Waals surface area contributed by atoms with Crippen molar-refractivity contribution in [1.29, 1.82) is 0 Å². The molecule has 1 heterocycles. The summed E-state index contributed by atoms with van der Waals surface area (Å²) in [5.41, 5.74) is 3.30. The number of nitrogens with zero attached hydrogens (tertiary/aromatic N) is 1. The lowest BCUT2D eigenvalue weighted by Crippen LogP contribution is -2.34. The number of benzene rings is 1. The lowest BCUT2D eigenvalue weighted by Gasteiger charge is -2.30. The van der Waals surface area contributed by atoms with Crippen LogP contribution in [-0.2, 0) is 6.42 Å². The third kappa shape index (κ3) is 2.86. The van der Waals surface area contributed by atoms with E-state index in [4.69, 9.17) is 0 Å². The third-order valence-corrected chi connectivity index (χ3v) is 4.17. The van der Waals surface area contributed by atoms with Gasteiger partial charge in [-0.2, -0.15) is 0 Å². The summed E-state index contributed by atoms with van der Waals surface area (Å²) in [6, 6.07) is 6.03. The van der Waals surface area contributed by atoms with Crippen LogP contribution in [0.15, 0.2) is 18.2 Å². The molecule has 0 spiro atoms. The van der Waals surface area contributed by atoms with E-state index >= 15 is 0 Å². The number of nitrogens with one attached hydrogen (secondary N) is 1. The Labute approximate surface area is 120 Å². The number of rotatable bonds is 3. The molecule has 3 nitrogen and oxygen atoms in total. The maximum Gasteiger partial charge on any atom is 0.253 e. The monoisotopic (exact) mass is 280 g/mol. The molecule has 1 amide bonds. The maximum atomic E-state index is 12.3. The van der Waals surface area contributed by atoms with Crippen LogP contribution in [0.3, 0.4) is 0 Å². The Hall–Kier alpha value is -1.22. The Morgan fingerprint density at radius 2 is 2.21 bits per heavy atom. The minimum Gasteiger partial charge on any atom is -0.384 e. The minimum atomic E-state index is 0. The van der Waals surface area contributed by atoms with Crippen LogP contribution < -0.4 is 5.32 Å². The van der Waals surface area contributed by atoms with Gasteiger partial charge in [-0.05, 0) is 48.9 Å². The van der Waals surface area contributed by atoms with E-state index in [1.807, 2.05) is 24.1 Å². The van der Waals surface area contributed by atoms with Gasteiger partial charge in [-0.3, -0.25) is 4.79 Å². The Kier molecular flexibility index (Phi) is 4.35. The second kappa shape index (κ2) is 5.83. The quantitative estimate of drug-likeness (QED) is 0.923. The summed E-state index contributed by atoms with van der Waals surface area (Å²) in [7, 11) is 1.92. The van der Waals surface area contributed by atoms with Gasteiger partial charge in [0.15, 0.2) is 0 Å². The van der Waals surface area contributed by atoms with E-state index in [1.54, 1.807) is 0 Å². The molecule has 1 aliphatic heterocycles. The van der Waals surface area contributed by atoms with E-state index < -0.39 is 0 Å². The zero-order valence-electron chi connectivity index (χ0n) is 11.3. The zero-order chi connectivity index (χ0) is 12.5. The average molecular weight is 281 g/mol. The van der Waals surface area contributed by atoms with Crippen LogP contribution in [-0.4, -0.2) is 30.9 Å². The molecule has 1 saturated carbocycles. The van der Waals surface area contributed by atoms with Crippen LogP contribution in [0, 0.1) is 5.92 Å². The van der Waals surface area contributed by atoms with Crippen LogP contribution in [0.2, 0.25) is 0 Å². The highest BCUT2D eigenvalue weighted by molar-refractivity contribution is 5.95. The van der Waals surface area contributed by atoms with Gasteiger partial charge in [0.1, 0.15) is 0 Å². The third-order valence-electron chi connectivity index (χ3n) is 4.17. The van der Waals surface area contributed by atoms with Gasteiger partial charge in [-0.25, -0.2) is 0 Å². The number of halogens is 1. The largest absolute Gasteiger partial charge is 0.384 e. The molecule has 1 aliphatic carbocycles. The number of anilines is 1. The Morgan fingerprint density at radius 1 is 1.42 bits per heavy atom. The van der Waals surface area contributed by atoms with Crippen LogP contribution in [0.25, 0.3) is 0 Å². The first-order valence-electron chi connectivity index (χ1n) is 6.86. The molecule has 0 atom stereocenters. The van der Waals surface area contributed by atoms with E-state index in [-0.39, 0.29) is 18.3 Å². The lowest BCUT2D eigenvalue weighted by atomic mass is 9.85. The number of carbonyl (C=O) groups excluding carboxylic acids is 1. The van der Waals surface area contributed by atoms with Gasteiger partial charge in [0, 0.05) is 31.4 Å². The van der Waals surface area contributed by atoms with E-state index in [1.165, 1.54) is 30.5 Å². The van der Waals surface area contributed by atoms with Crippen LogP contribution >= 0.6 is 12.4 Å². The molecule has 0 unspecified atom stereocenters. The molecular weight excluding hydrogens is 260 g/mol. The number of carbonyl (C=O) groups is 1. The molecule has 1 fully saturated rings. The van der Waals surface area contributed by atoms with Gasteiger partial charge < -0.3 is 10.2 Å². The SMILES string of the molecule is CN(CC1CCC1)C(=O)c1ccc2c(c1)CCN2.Cl. The molecule has 2 aliphatic rings. The number of amides is 1. The first kappa shape index (κ1) is 14.2. The number of hydrogen-bond donors (Lipinski definition) is 1. The zero-order valence-corrected chi connectivity index (χ0v) is 12.1. The predicted molar refractivity (Wildman–Crippen MR) is 80.2 cm³/mol. The summed E-state index contributed by atoms with van der Waals surface area (Å²) in [5, 5.41) is 3.32. The molecular formula is C15H21ClN2O. The molecule has 0 aromatic heterocycles. The fourth-order valence-electron chi connectivity index (χ4n) is 2.80. The predicted octanol–water partition coefficient (Wildman–Crippen LogP) is 2.95. The lowest BCUT2D eigenvalue weighted by molar-refractivity contribution is 0.0745. The number of fused-ring (bicyclic) bond motifs is 1. The van der Waals surface area contributed by atoms with Gasteiger partial charge in [0.2, 0.25) is 0 Å². The summed E-state index contributed by atoms with van der Waals surface area (Å²) in [6.07, 6.45) is 4.93. The van der Waals surface area contributed by atoms with Crippen LogP contribution in [0.5, 0.6) is 0 Å². The van der Waals surface area contributed by atoms with Gasteiger partial charge in [0.05, 0.1) is 0 Å². The van der Waals surface area contributed by atoms with Crippen molar-refractivity contribution < 1.29 is 4.79 Å². The highest BCUT2D eigenvalue weighted by Gasteiger charge is 2.22. The topological polar surface area (TPSA) is 32.3 Å². The molecule has 0 bridgehead atoms. The molecule has 4 heteroatoms. The normalized spacial score (nSPS) is 16.9. The molecule has 1 N–H and O–H groups in total. The summed E-state index contributed by atoms with van der Waals surface area (Å²) >= 11 is 0. The van der Waals surface area contributed by atoms with Gasteiger partial charge >= 0.3 is 0 Å². The van der Waals surface area contributed by atoms with Gasteiger partial charge in [-0.15, -0.1) is 12.4 Å². The van der Waals surface area contributed by atoms with E-state index in [2.05, 4.69) is 11.4 Å². The first-order valence-corrected chi connectivity index (χ1v) is 6.86. The van der Waals surface area contributed by atoms with Crippen LogP contribution in [0.1, 0.15) is 35.2 Å². The fourth-order valence-corrected chi connectivity index (χ4v) is 2.80. The van der Waals surface area contributed by atoms with Gasteiger partial charge in [0.25, 0.3) is 5.91 Å². The van der Waals surface area contributed by atoms with Crippen molar-refractivity contribution in [2.24, 2.45) is 5.92 Å². The van der Waals surface area contributed by atoms with E-state index in [0.717, 1.165) is 31.0 Å². The number of hydrogen-bond acceptors (Lipinski definition) is 2. The second-order valence-electron chi connectivity index (χ2n) is 5.53. The highest BCUT2D eigenvalue weighted by Crippen LogP contribution is 2.28. The van der Waals surface area contributed by atoms with Crippen molar-refractivity contribution in [1.82, 2.24) is 4.90 Å². The van der Waals surface area contributed by atoms with Gasteiger partial charge in [-0.1, -0.05) is 6.42 Å². The average Bonchev–Trinajstić information content (AvgIpc) is 2.79. The Bertz CT molecular complexity index is 471. The molecule has 19 heavy (non-hydrogen) atoms. The van der Waals surface area contributed by atoms with Crippen molar-refractivity contribution in [3.05, 3.63) is 29.3 Å². The Balaban J connectivity index is 0.00000133. The molecule has 1 aromatic rings. The second-order valence-corrected chi connectivity index (χ2v) is 5.53. The fraction of sp³-hybridized carbons (Fsp3) is 0.533. The minimum absolute atomic E-state index is 0. The molecule has 0 radical (unpaired) electrons. The van der Waals surface area contributed by atoms with E-state index in [9.17, 15) is 4.79 Å². The van der Waals surface area contributed by atoms with Crippen molar-refractivity contribution >= 4 is 24.0 Å². The summed E-state index contributed by atoms with van der Waals surface area (Å²) in [6.45, 7) is 1.90. The molecule has 0 saturated heterocycles. The summed E-state index contributed by atoms with van der Waals surface area (Å²) < 4.78 is 0. The molecule has 3 rings (SSSR count). The smallest absolute Gasteiger partial charge is 0.253 e. The molecule has 1 aromatic carbocycles. The van der Waals surface area contributed by atoms with Crippen molar-refractivity contribution in [3.8, 4) is 0 Å². The molecule has 104 valence electrons.